The van der Waals surface area contributed by atoms with E-state index < -0.39 is 12.1 Å². The van der Waals surface area contributed by atoms with E-state index in [1.807, 2.05) is 0 Å². The van der Waals surface area contributed by atoms with Crippen LogP contribution < -0.4 is 0 Å². The van der Waals surface area contributed by atoms with Crippen LogP contribution in [0.1, 0.15) is 0 Å². The van der Waals surface area contributed by atoms with E-state index in [0.29, 0.717) is 0 Å². The first-order chi connectivity index (χ1) is 5.70. The van der Waals surface area contributed by atoms with Gasteiger partial charge in [0.05, 0.1) is 19.4 Å². The monoisotopic (exact) mass is 172 g/mol. The first-order valence-electron chi connectivity index (χ1n) is 3.37. The molecule has 0 aromatic rings. The topological polar surface area (TPSA) is 55.8 Å². The highest BCUT2D eigenvalue weighted by Gasteiger charge is 1.95. The zero-order chi connectivity index (χ0) is 9.40. The summed E-state index contributed by atoms with van der Waals surface area (Å²) in [6.07, 6.45) is 2.91. The molecule has 0 aromatic heterocycles. The number of hydrogen-bond acceptors (Lipinski definition) is 4. The minimum atomic E-state index is -0.715. The molecule has 0 amide bonds. The number of carbonyl (C=O) groups excluding carboxylic acids is 1. The summed E-state index contributed by atoms with van der Waals surface area (Å²) in [4.78, 5) is 10.5. The summed E-state index contributed by atoms with van der Waals surface area (Å²) >= 11 is 0. The Morgan fingerprint density at radius 2 is 2.42 bits per heavy atom. The summed E-state index contributed by atoms with van der Waals surface area (Å²) in [6.45, 7) is 3.43. The van der Waals surface area contributed by atoms with E-state index in [-0.39, 0.29) is 6.61 Å². The fraction of sp³-hybridized carbons (Fsp3) is 0.375. The van der Waals surface area contributed by atoms with E-state index in [2.05, 4.69) is 11.3 Å². The molecule has 0 aliphatic rings. The Morgan fingerprint density at radius 1 is 1.75 bits per heavy atom. The molecule has 0 saturated heterocycles. The standard InChI is InChI=1S/C8H12O4/c1-3-7(9)6-12-5-4-8(10)11-2/h3-5,7,9H,1,6H2,2H3/b5-4+/t7-/m0/s1. The third-order valence-corrected chi connectivity index (χ3v) is 1.04. The number of esters is 1. The Hall–Kier alpha value is -1.29. The molecule has 0 bridgehead atoms. The van der Waals surface area contributed by atoms with Crippen LogP contribution in [0, 0.1) is 0 Å². The molecule has 0 spiro atoms. The van der Waals surface area contributed by atoms with Crippen LogP contribution in [0.4, 0.5) is 0 Å². The predicted molar refractivity (Wildman–Crippen MR) is 43.3 cm³/mol. The second-order valence-corrected chi connectivity index (χ2v) is 1.96. The average Bonchev–Trinajstić information content (AvgIpc) is 2.11. The van der Waals surface area contributed by atoms with Crippen LogP contribution in [0.2, 0.25) is 0 Å². The van der Waals surface area contributed by atoms with Crippen LogP contribution in [0.5, 0.6) is 0 Å². The van der Waals surface area contributed by atoms with Crippen molar-refractivity contribution in [3.05, 3.63) is 25.0 Å². The zero-order valence-electron chi connectivity index (χ0n) is 6.90. The molecule has 1 N–H and O–H groups in total. The average molecular weight is 172 g/mol. The Balaban J connectivity index is 3.48. The van der Waals surface area contributed by atoms with E-state index in [0.717, 1.165) is 6.08 Å². The van der Waals surface area contributed by atoms with Crippen molar-refractivity contribution in [1.82, 2.24) is 0 Å². The summed E-state index contributed by atoms with van der Waals surface area (Å²) in [6, 6.07) is 0. The molecule has 0 radical (unpaired) electrons. The van der Waals surface area contributed by atoms with Gasteiger partial charge in [-0.3, -0.25) is 0 Å². The van der Waals surface area contributed by atoms with Crippen LogP contribution in [-0.4, -0.2) is 30.9 Å². The lowest BCUT2D eigenvalue weighted by Crippen LogP contribution is -2.09. The fourth-order valence-electron chi connectivity index (χ4n) is 0.394. The molecule has 0 aliphatic carbocycles. The zero-order valence-corrected chi connectivity index (χ0v) is 6.90. The molecular weight excluding hydrogens is 160 g/mol. The molecule has 0 saturated carbocycles. The number of rotatable bonds is 5. The number of aliphatic hydroxyl groups is 1. The maximum Gasteiger partial charge on any atom is 0.333 e. The van der Waals surface area contributed by atoms with Gasteiger partial charge in [0.15, 0.2) is 0 Å². The Kier molecular flexibility index (Phi) is 5.73. The number of hydrogen-bond donors (Lipinski definition) is 1. The van der Waals surface area contributed by atoms with Crippen LogP contribution in [0.15, 0.2) is 25.0 Å². The SMILES string of the molecule is C=C[C@H](O)CO/C=C/C(=O)OC. The summed E-state index contributed by atoms with van der Waals surface area (Å²) in [7, 11) is 1.27. The van der Waals surface area contributed by atoms with Gasteiger partial charge in [-0.25, -0.2) is 4.79 Å². The van der Waals surface area contributed by atoms with E-state index in [9.17, 15) is 4.79 Å². The van der Waals surface area contributed by atoms with Crippen molar-refractivity contribution in [3.8, 4) is 0 Å². The molecule has 0 rings (SSSR count). The molecular formula is C8H12O4. The number of aliphatic hydroxyl groups excluding tert-OH is 1. The summed E-state index contributed by atoms with van der Waals surface area (Å²) in [5.41, 5.74) is 0. The molecule has 4 nitrogen and oxygen atoms in total. The minimum absolute atomic E-state index is 0.0804. The van der Waals surface area contributed by atoms with Crippen molar-refractivity contribution in [1.29, 1.82) is 0 Å². The normalized spacial score (nSPS) is 12.5. The first kappa shape index (κ1) is 10.7. The smallest absolute Gasteiger partial charge is 0.333 e. The first-order valence-corrected chi connectivity index (χ1v) is 3.37. The maximum absolute atomic E-state index is 10.5. The molecule has 0 fully saturated rings. The predicted octanol–water partition coefficient (Wildman–Crippen LogP) is 0.237. The lowest BCUT2D eigenvalue weighted by molar-refractivity contribution is -0.135. The van der Waals surface area contributed by atoms with Crippen LogP contribution in [-0.2, 0) is 14.3 Å². The van der Waals surface area contributed by atoms with Crippen molar-refractivity contribution in [2.45, 2.75) is 6.10 Å². The lowest BCUT2D eigenvalue weighted by atomic mass is 10.4. The lowest BCUT2D eigenvalue weighted by Gasteiger charge is -2.02. The van der Waals surface area contributed by atoms with Gasteiger partial charge in [0.25, 0.3) is 0 Å². The maximum atomic E-state index is 10.5. The summed E-state index contributed by atoms with van der Waals surface area (Å²) in [5.74, 6) is -0.497. The largest absolute Gasteiger partial charge is 0.498 e. The molecule has 0 aliphatic heterocycles. The molecule has 68 valence electrons. The van der Waals surface area contributed by atoms with E-state index in [1.165, 1.54) is 19.4 Å². The molecule has 0 aromatic carbocycles. The van der Waals surface area contributed by atoms with Gasteiger partial charge in [-0.1, -0.05) is 6.08 Å². The molecule has 0 heterocycles. The summed E-state index contributed by atoms with van der Waals surface area (Å²) < 4.78 is 9.05. The summed E-state index contributed by atoms with van der Waals surface area (Å²) in [5, 5.41) is 8.89. The quantitative estimate of drug-likeness (QED) is 0.279. The van der Waals surface area contributed by atoms with Gasteiger partial charge in [0.1, 0.15) is 12.7 Å². The third kappa shape index (κ3) is 5.49. The Morgan fingerprint density at radius 3 is 2.92 bits per heavy atom. The van der Waals surface area contributed by atoms with Gasteiger partial charge in [-0.05, 0) is 0 Å². The van der Waals surface area contributed by atoms with E-state index in [1.54, 1.807) is 0 Å². The number of carbonyl (C=O) groups is 1. The van der Waals surface area contributed by atoms with Crippen LogP contribution in [0.3, 0.4) is 0 Å². The number of methoxy groups -OCH3 is 1. The highest BCUT2D eigenvalue weighted by Crippen LogP contribution is 1.87. The van der Waals surface area contributed by atoms with Crippen molar-refractivity contribution in [2.75, 3.05) is 13.7 Å². The van der Waals surface area contributed by atoms with Crippen molar-refractivity contribution < 1.29 is 19.4 Å². The minimum Gasteiger partial charge on any atom is -0.498 e. The van der Waals surface area contributed by atoms with Crippen LogP contribution >= 0.6 is 0 Å². The van der Waals surface area contributed by atoms with E-state index in [4.69, 9.17) is 9.84 Å². The Labute approximate surface area is 71.1 Å². The van der Waals surface area contributed by atoms with Gasteiger partial charge in [0, 0.05) is 0 Å². The third-order valence-electron chi connectivity index (χ3n) is 1.04. The van der Waals surface area contributed by atoms with Gasteiger partial charge < -0.3 is 14.6 Å². The molecule has 1 atom stereocenters. The van der Waals surface area contributed by atoms with Crippen molar-refractivity contribution >= 4 is 5.97 Å². The van der Waals surface area contributed by atoms with Crippen LogP contribution in [0.25, 0.3) is 0 Å². The van der Waals surface area contributed by atoms with E-state index >= 15 is 0 Å². The molecule has 12 heavy (non-hydrogen) atoms. The van der Waals surface area contributed by atoms with Gasteiger partial charge in [-0.15, -0.1) is 6.58 Å². The van der Waals surface area contributed by atoms with Gasteiger partial charge >= 0.3 is 5.97 Å². The van der Waals surface area contributed by atoms with Crippen molar-refractivity contribution in [2.24, 2.45) is 0 Å². The molecule has 0 unspecified atom stereocenters. The van der Waals surface area contributed by atoms with Gasteiger partial charge in [0.2, 0.25) is 0 Å². The second-order valence-electron chi connectivity index (χ2n) is 1.96. The highest BCUT2D eigenvalue weighted by molar-refractivity contribution is 5.81. The Bertz CT molecular complexity index is 174. The fourth-order valence-corrected chi connectivity index (χ4v) is 0.394. The number of ether oxygens (including phenoxy) is 2. The second kappa shape index (κ2) is 6.42. The highest BCUT2D eigenvalue weighted by atomic mass is 16.5. The van der Waals surface area contributed by atoms with Crippen molar-refractivity contribution in [3.63, 3.8) is 0 Å². The molecule has 4 heteroatoms. The van der Waals surface area contributed by atoms with Gasteiger partial charge in [-0.2, -0.15) is 0 Å².